The molecule has 1 heterocycles. The lowest BCUT2D eigenvalue weighted by molar-refractivity contribution is 0.0997. The number of hydrogen-bond donors (Lipinski definition) is 2. The number of hydrogen-bond acceptors (Lipinski definition) is 3. The molecule has 0 saturated carbocycles. The monoisotopic (exact) mass is 394 g/mol. The molecule has 3 rings (SSSR count). The molecule has 2 aromatic carbocycles. The van der Waals surface area contributed by atoms with E-state index >= 15 is 0 Å². The van der Waals surface area contributed by atoms with Crippen LogP contribution in [0.2, 0.25) is 15.1 Å². The molecule has 1 amide bonds. The minimum absolute atomic E-state index is 0.136. The Morgan fingerprint density at radius 1 is 1.00 bits per heavy atom. The lowest BCUT2D eigenvalue weighted by Gasteiger charge is -2.09. The largest absolute Gasteiger partial charge is 0.451 e. The molecule has 0 radical (unpaired) electrons. The lowest BCUT2D eigenvalue weighted by Crippen LogP contribution is -2.12. The van der Waals surface area contributed by atoms with E-state index in [4.69, 9.17) is 45.0 Å². The molecule has 0 unspecified atom stereocenters. The van der Waals surface area contributed by atoms with Crippen LogP contribution in [0.1, 0.15) is 16.1 Å². The van der Waals surface area contributed by atoms with Crippen molar-refractivity contribution < 1.29 is 9.21 Å². The molecule has 0 atom stereocenters. The summed E-state index contributed by atoms with van der Waals surface area (Å²) in [5.74, 6) is 0.203. The Balaban J connectivity index is 1.83. The van der Waals surface area contributed by atoms with E-state index in [-0.39, 0.29) is 5.76 Å². The van der Waals surface area contributed by atoms with Gasteiger partial charge in [0.15, 0.2) is 5.76 Å². The van der Waals surface area contributed by atoms with Crippen LogP contribution in [-0.2, 0) is 0 Å². The van der Waals surface area contributed by atoms with Crippen LogP contribution in [0.25, 0.3) is 11.3 Å². The Bertz CT molecular complexity index is 967. The Morgan fingerprint density at radius 3 is 2.48 bits per heavy atom. The van der Waals surface area contributed by atoms with E-state index in [1.165, 1.54) is 0 Å². The second-order valence-electron chi connectivity index (χ2n) is 5.44. The highest BCUT2D eigenvalue weighted by Gasteiger charge is 2.15. The van der Waals surface area contributed by atoms with Gasteiger partial charge in [0.05, 0.1) is 21.4 Å². The summed E-state index contributed by atoms with van der Waals surface area (Å²) < 4.78 is 5.60. The number of carbonyl (C=O) groups excluding carboxylic acids is 1. The zero-order valence-electron chi connectivity index (χ0n) is 13.1. The van der Waals surface area contributed by atoms with E-state index < -0.39 is 5.91 Å². The van der Waals surface area contributed by atoms with Crippen molar-refractivity contribution >= 4 is 52.1 Å². The van der Waals surface area contributed by atoms with Gasteiger partial charge in [0.25, 0.3) is 5.91 Å². The van der Waals surface area contributed by atoms with Crippen molar-refractivity contribution in [3.05, 3.63) is 68.9 Å². The third-order valence-corrected chi connectivity index (χ3v) is 4.76. The second kappa shape index (κ2) is 7.00. The number of anilines is 2. The molecular formula is C18H13Cl3N2O2. The van der Waals surface area contributed by atoms with Crippen LogP contribution >= 0.6 is 34.8 Å². The van der Waals surface area contributed by atoms with Crippen LogP contribution < -0.4 is 11.1 Å². The Labute approximate surface area is 159 Å². The molecule has 3 N–H and O–H groups in total. The van der Waals surface area contributed by atoms with E-state index in [1.807, 2.05) is 6.92 Å². The maximum Gasteiger partial charge on any atom is 0.291 e. The van der Waals surface area contributed by atoms with Gasteiger partial charge in [-0.2, -0.15) is 0 Å². The number of amides is 1. The van der Waals surface area contributed by atoms with Gasteiger partial charge >= 0.3 is 0 Å². The Morgan fingerprint density at radius 2 is 1.76 bits per heavy atom. The maximum atomic E-state index is 12.4. The predicted octanol–water partition coefficient (Wildman–Crippen LogP) is 6.05. The fourth-order valence-electron chi connectivity index (χ4n) is 2.26. The number of nitrogen functional groups attached to an aromatic ring is 1. The Hall–Kier alpha value is -2.14. The van der Waals surface area contributed by atoms with Crippen molar-refractivity contribution in [2.75, 3.05) is 11.1 Å². The summed E-state index contributed by atoms with van der Waals surface area (Å²) in [6, 6.07) is 11.6. The highest BCUT2D eigenvalue weighted by Crippen LogP contribution is 2.31. The molecule has 0 fully saturated rings. The van der Waals surface area contributed by atoms with E-state index in [0.717, 1.165) is 5.56 Å². The number of furan rings is 1. The van der Waals surface area contributed by atoms with Crippen molar-refractivity contribution in [3.63, 3.8) is 0 Å². The molecule has 0 spiro atoms. The van der Waals surface area contributed by atoms with Gasteiger partial charge < -0.3 is 15.5 Å². The van der Waals surface area contributed by atoms with E-state index in [1.54, 1.807) is 42.5 Å². The first-order valence-corrected chi connectivity index (χ1v) is 8.41. The molecule has 128 valence electrons. The van der Waals surface area contributed by atoms with Crippen molar-refractivity contribution in [3.8, 4) is 11.3 Å². The molecule has 0 aliphatic rings. The number of nitrogens with one attached hydrogen (secondary N) is 1. The summed E-state index contributed by atoms with van der Waals surface area (Å²) in [6.45, 7) is 1.83. The van der Waals surface area contributed by atoms with Gasteiger partial charge in [-0.25, -0.2) is 0 Å². The summed E-state index contributed by atoms with van der Waals surface area (Å²) in [7, 11) is 0. The van der Waals surface area contributed by atoms with Crippen molar-refractivity contribution in [1.29, 1.82) is 0 Å². The summed E-state index contributed by atoms with van der Waals surface area (Å²) in [6.07, 6.45) is 0. The van der Waals surface area contributed by atoms with Crippen molar-refractivity contribution in [2.45, 2.75) is 6.92 Å². The molecular weight excluding hydrogens is 383 g/mol. The smallest absolute Gasteiger partial charge is 0.291 e. The van der Waals surface area contributed by atoms with E-state index in [0.29, 0.717) is 37.8 Å². The molecule has 0 bridgehead atoms. The molecule has 0 aliphatic carbocycles. The van der Waals surface area contributed by atoms with E-state index in [9.17, 15) is 4.79 Å². The molecule has 7 heteroatoms. The van der Waals surface area contributed by atoms with Crippen molar-refractivity contribution in [2.24, 2.45) is 0 Å². The predicted molar refractivity (Wildman–Crippen MR) is 103 cm³/mol. The highest BCUT2D eigenvalue weighted by molar-refractivity contribution is 6.42. The highest BCUT2D eigenvalue weighted by atomic mass is 35.5. The first kappa shape index (κ1) is 17.7. The minimum Gasteiger partial charge on any atom is -0.451 e. The fraction of sp³-hybridized carbons (Fsp3) is 0.0556. The summed E-state index contributed by atoms with van der Waals surface area (Å²) in [5, 5.41) is 4.06. The standard InChI is InChI=1S/C18H13Cl3N2O2/c1-9-6-14(22)15(8-12(9)20)23-18(24)17-5-4-16(25-17)10-2-3-11(19)13(21)7-10/h2-8H,22H2,1H3,(H,23,24). The van der Waals surface area contributed by atoms with Crippen LogP contribution in [0.15, 0.2) is 46.9 Å². The Kier molecular flexibility index (Phi) is 4.95. The maximum absolute atomic E-state index is 12.4. The van der Waals surface area contributed by atoms with Gasteiger partial charge in [0, 0.05) is 10.6 Å². The summed E-state index contributed by atoms with van der Waals surface area (Å²) >= 11 is 18.0. The van der Waals surface area contributed by atoms with Gasteiger partial charge in [0.1, 0.15) is 5.76 Å². The van der Waals surface area contributed by atoms with E-state index in [2.05, 4.69) is 5.32 Å². The van der Waals surface area contributed by atoms with Crippen LogP contribution in [0.3, 0.4) is 0 Å². The number of carbonyl (C=O) groups is 1. The third kappa shape index (κ3) is 3.76. The molecule has 3 aromatic rings. The number of halogens is 3. The zero-order chi connectivity index (χ0) is 18.1. The van der Waals surface area contributed by atoms with Crippen molar-refractivity contribution in [1.82, 2.24) is 0 Å². The van der Waals surface area contributed by atoms with Crippen LogP contribution in [-0.4, -0.2) is 5.91 Å². The zero-order valence-corrected chi connectivity index (χ0v) is 15.3. The molecule has 1 aromatic heterocycles. The summed E-state index contributed by atoms with van der Waals surface area (Å²) in [5.41, 5.74) is 8.30. The van der Waals surface area contributed by atoms with Gasteiger partial charge in [-0.05, 0) is 55.0 Å². The second-order valence-corrected chi connectivity index (χ2v) is 6.66. The first-order chi connectivity index (χ1) is 11.8. The van der Waals surface area contributed by atoms with Gasteiger partial charge in [-0.3, -0.25) is 4.79 Å². The van der Waals surface area contributed by atoms with Gasteiger partial charge in [-0.1, -0.05) is 34.8 Å². The number of benzene rings is 2. The number of rotatable bonds is 3. The SMILES string of the molecule is Cc1cc(N)c(NC(=O)c2ccc(-c3ccc(Cl)c(Cl)c3)o2)cc1Cl. The van der Waals surface area contributed by atoms with Crippen LogP contribution in [0.5, 0.6) is 0 Å². The first-order valence-electron chi connectivity index (χ1n) is 7.27. The quantitative estimate of drug-likeness (QED) is 0.530. The molecule has 25 heavy (non-hydrogen) atoms. The van der Waals surface area contributed by atoms with Crippen LogP contribution in [0, 0.1) is 6.92 Å². The fourth-order valence-corrected chi connectivity index (χ4v) is 2.72. The van der Waals surface area contributed by atoms with Crippen LogP contribution in [0.4, 0.5) is 11.4 Å². The molecule has 4 nitrogen and oxygen atoms in total. The summed E-state index contributed by atoms with van der Waals surface area (Å²) in [4.78, 5) is 12.4. The molecule has 0 saturated heterocycles. The normalized spacial score (nSPS) is 10.7. The topological polar surface area (TPSA) is 68.3 Å². The number of aryl methyl sites for hydroxylation is 1. The lowest BCUT2D eigenvalue weighted by atomic mass is 10.2. The van der Waals surface area contributed by atoms with Gasteiger partial charge in [-0.15, -0.1) is 0 Å². The third-order valence-electron chi connectivity index (χ3n) is 3.61. The number of nitrogens with two attached hydrogens (primary N) is 1. The van der Waals surface area contributed by atoms with Gasteiger partial charge in [0.2, 0.25) is 0 Å². The average molecular weight is 396 g/mol. The average Bonchev–Trinajstić information content (AvgIpc) is 3.05. The molecule has 0 aliphatic heterocycles. The minimum atomic E-state index is -0.432.